The summed E-state index contributed by atoms with van der Waals surface area (Å²) in [7, 11) is 4.52. The van der Waals surface area contributed by atoms with E-state index in [1.165, 1.54) is 64.6 Å². The molecule has 0 bridgehead atoms. The molecule has 2 atom stereocenters. The summed E-state index contributed by atoms with van der Waals surface area (Å²) in [6, 6.07) is 1.06. The summed E-state index contributed by atoms with van der Waals surface area (Å²) in [4.78, 5) is 5.00. The lowest BCUT2D eigenvalue weighted by Gasteiger charge is -2.37. The van der Waals surface area contributed by atoms with E-state index in [4.69, 9.17) is 5.73 Å². The molecule has 2 aliphatic rings. The van der Waals surface area contributed by atoms with Gasteiger partial charge in [-0.1, -0.05) is 12.8 Å². The van der Waals surface area contributed by atoms with E-state index in [1.807, 2.05) is 0 Å². The highest BCUT2D eigenvalue weighted by atomic mass is 15.1. The zero-order chi connectivity index (χ0) is 13.0. The van der Waals surface area contributed by atoms with E-state index in [1.54, 1.807) is 0 Å². The van der Waals surface area contributed by atoms with Gasteiger partial charge in [-0.2, -0.15) is 0 Å². The molecule has 1 saturated carbocycles. The van der Waals surface area contributed by atoms with Crippen molar-refractivity contribution >= 4 is 0 Å². The molecule has 3 heteroatoms. The molecule has 2 N–H and O–H groups in total. The normalized spacial score (nSPS) is 32.0. The summed E-state index contributed by atoms with van der Waals surface area (Å²) < 4.78 is 0. The average molecular weight is 253 g/mol. The van der Waals surface area contributed by atoms with E-state index in [-0.39, 0.29) is 0 Å². The fraction of sp³-hybridized carbons (Fsp3) is 1.00. The van der Waals surface area contributed by atoms with Gasteiger partial charge in [0.05, 0.1) is 0 Å². The number of rotatable bonds is 4. The maximum absolute atomic E-state index is 6.26. The van der Waals surface area contributed by atoms with Crippen molar-refractivity contribution in [1.29, 1.82) is 0 Å². The van der Waals surface area contributed by atoms with Gasteiger partial charge in [-0.25, -0.2) is 0 Å². The van der Waals surface area contributed by atoms with Gasteiger partial charge < -0.3 is 15.5 Å². The standard InChI is InChI=1S/C15H31N3/c1-17-10-7-13(8-11-17)9-12-18(2)15-6-4-3-5-14(15)16/h13-15H,3-12,16H2,1-2H3. The molecule has 2 rings (SSSR count). The van der Waals surface area contributed by atoms with Crippen LogP contribution in [0.4, 0.5) is 0 Å². The van der Waals surface area contributed by atoms with Gasteiger partial charge in [0.1, 0.15) is 0 Å². The molecule has 1 heterocycles. The zero-order valence-corrected chi connectivity index (χ0v) is 12.3. The summed E-state index contributed by atoms with van der Waals surface area (Å²) in [6.07, 6.45) is 9.39. The SMILES string of the molecule is CN1CCC(CCN(C)C2CCCCC2N)CC1. The molecule has 1 aliphatic carbocycles. The third-order valence-corrected chi connectivity index (χ3v) is 5.08. The van der Waals surface area contributed by atoms with Crippen molar-refractivity contribution < 1.29 is 0 Å². The van der Waals surface area contributed by atoms with Gasteiger partial charge >= 0.3 is 0 Å². The largest absolute Gasteiger partial charge is 0.326 e. The van der Waals surface area contributed by atoms with Crippen LogP contribution in [0.2, 0.25) is 0 Å². The van der Waals surface area contributed by atoms with Crippen LogP contribution in [0.15, 0.2) is 0 Å². The van der Waals surface area contributed by atoms with E-state index in [2.05, 4.69) is 23.9 Å². The molecule has 1 aliphatic heterocycles. The lowest BCUT2D eigenvalue weighted by Crippen LogP contribution is -2.48. The quantitative estimate of drug-likeness (QED) is 0.831. The van der Waals surface area contributed by atoms with Gasteiger partial charge in [0.2, 0.25) is 0 Å². The summed E-state index contributed by atoms with van der Waals surface area (Å²) >= 11 is 0. The number of nitrogens with two attached hydrogens (primary N) is 1. The van der Waals surface area contributed by atoms with Crippen LogP contribution in [0.3, 0.4) is 0 Å². The van der Waals surface area contributed by atoms with Crippen molar-refractivity contribution in [1.82, 2.24) is 9.80 Å². The van der Waals surface area contributed by atoms with Crippen LogP contribution in [0, 0.1) is 5.92 Å². The Balaban J connectivity index is 1.69. The summed E-state index contributed by atoms with van der Waals surface area (Å²) in [5.41, 5.74) is 6.26. The fourth-order valence-corrected chi connectivity index (χ4v) is 3.59. The lowest BCUT2D eigenvalue weighted by molar-refractivity contribution is 0.144. The van der Waals surface area contributed by atoms with Crippen molar-refractivity contribution in [2.45, 2.75) is 57.0 Å². The van der Waals surface area contributed by atoms with Crippen molar-refractivity contribution in [3.63, 3.8) is 0 Å². The Hall–Kier alpha value is -0.120. The van der Waals surface area contributed by atoms with Crippen LogP contribution < -0.4 is 5.73 Å². The first-order valence-corrected chi connectivity index (χ1v) is 7.81. The third kappa shape index (κ3) is 3.94. The van der Waals surface area contributed by atoms with Gasteiger partial charge in [0.25, 0.3) is 0 Å². The van der Waals surface area contributed by atoms with Crippen LogP contribution in [-0.2, 0) is 0 Å². The molecule has 3 nitrogen and oxygen atoms in total. The van der Waals surface area contributed by atoms with Crippen molar-refractivity contribution in [3.8, 4) is 0 Å². The molecule has 0 aromatic rings. The number of hydrogen-bond donors (Lipinski definition) is 1. The average Bonchev–Trinajstić information content (AvgIpc) is 2.38. The maximum Gasteiger partial charge on any atom is 0.0244 e. The predicted octanol–water partition coefficient (Wildman–Crippen LogP) is 1.92. The molecule has 106 valence electrons. The highest BCUT2D eigenvalue weighted by Crippen LogP contribution is 2.24. The Bertz CT molecular complexity index is 236. The Morgan fingerprint density at radius 2 is 1.78 bits per heavy atom. The molecule has 2 unspecified atom stereocenters. The van der Waals surface area contributed by atoms with Gasteiger partial charge in [-0.15, -0.1) is 0 Å². The molecular formula is C15H31N3. The van der Waals surface area contributed by atoms with Crippen LogP contribution in [-0.4, -0.2) is 55.6 Å². The highest BCUT2D eigenvalue weighted by molar-refractivity contribution is 4.85. The van der Waals surface area contributed by atoms with E-state index in [0.717, 1.165) is 5.92 Å². The summed E-state index contributed by atoms with van der Waals surface area (Å²) in [5.74, 6) is 0.948. The van der Waals surface area contributed by atoms with E-state index < -0.39 is 0 Å². The molecule has 18 heavy (non-hydrogen) atoms. The minimum atomic E-state index is 0.418. The topological polar surface area (TPSA) is 32.5 Å². The first-order valence-electron chi connectivity index (χ1n) is 7.81. The molecule has 2 fully saturated rings. The van der Waals surface area contributed by atoms with Gasteiger partial charge in [0, 0.05) is 12.1 Å². The third-order valence-electron chi connectivity index (χ3n) is 5.08. The van der Waals surface area contributed by atoms with Gasteiger partial charge in [-0.05, 0) is 71.8 Å². The number of likely N-dealkylation sites (N-methyl/N-ethyl adjacent to an activating group) is 1. The van der Waals surface area contributed by atoms with E-state index in [9.17, 15) is 0 Å². The number of likely N-dealkylation sites (tertiary alicyclic amines) is 1. The Labute approximate surface area is 113 Å². The van der Waals surface area contributed by atoms with Crippen molar-refractivity contribution in [3.05, 3.63) is 0 Å². The second-order valence-electron chi connectivity index (χ2n) is 6.53. The smallest absolute Gasteiger partial charge is 0.0244 e. The number of nitrogens with zero attached hydrogens (tertiary/aromatic N) is 2. The fourth-order valence-electron chi connectivity index (χ4n) is 3.59. The van der Waals surface area contributed by atoms with Gasteiger partial charge in [0.15, 0.2) is 0 Å². The molecule has 0 amide bonds. The van der Waals surface area contributed by atoms with Crippen LogP contribution in [0.25, 0.3) is 0 Å². The minimum Gasteiger partial charge on any atom is -0.326 e. The van der Waals surface area contributed by atoms with Crippen LogP contribution >= 0.6 is 0 Å². The highest BCUT2D eigenvalue weighted by Gasteiger charge is 2.26. The van der Waals surface area contributed by atoms with E-state index >= 15 is 0 Å². The van der Waals surface area contributed by atoms with Crippen molar-refractivity contribution in [2.24, 2.45) is 11.7 Å². The maximum atomic E-state index is 6.26. The molecule has 0 aromatic carbocycles. The number of piperidine rings is 1. The zero-order valence-electron chi connectivity index (χ0n) is 12.3. The first-order chi connectivity index (χ1) is 8.66. The predicted molar refractivity (Wildman–Crippen MR) is 77.7 cm³/mol. The Morgan fingerprint density at radius 1 is 1.11 bits per heavy atom. The van der Waals surface area contributed by atoms with E-state index in [0.29, 0.717) is 12.1 Å². The van der Waals surface area contributed by atoms with Gasteiger partial charge in [-0.3, -0.25) is 0 Å². The monoisotopic (exact) mass is 253 g/mol. The molecule has 0 radical (unpaired) electrons. The molecule has 0 aromatic heterocycles. The molecule has 1 saturated heterocycles. The van der Waals surface area contributed by atoms with Crippen LogP contribution in [0.5, 0.6) is 0 Å². The van der Waals surface area contributed by atoms with Crippen LogP contribution in [0.1, 0.15) is 44.9 Å². The number of hydrogen-bond acceptors (Lipinski definition) is 3. The van der Waals surface area contributed by atoms with Crippen molar-refractivity contribution in [2.75, 3.05) is 33.7 Å². The molecule has 0 spiro atoms. The Morgan fingerprint density at radius 3 is 2.44 bits per heavy atom. The summed E-state index contributed by atoms with van der Waals surface area (Å²) in [6.45, 7) is 3.82. The summed E-state index contributed by atoms with van der Waals surface area (Å²) in [5, 5.41) is 0. The Kier molecular flexibility index (Phi) is 5.46. The second kappa shape index (κ2) is 6.88. The first kappa shape index (κ1) is 14.3. The lowest BCUT2D eigenvalue weighted by atomic mass is 9.89. The minimum absolute atomic E-state index is 0.418. The molecular weight excluding hydrogens is 222 g/mol. The second-order valence-corrected chi connectivity index (χ2v) is 6.53.